The molecule has 0 aliphatic heterocycles. The van der Waals surface area contributed by atoms with Crippen LogP contribution >= 0.6 is 23.2 Å². The van der Waals surface area contributed by atoms with E-state index in [0.717, 1.165) is 4.57 Å². The van der Waals surface area contributed by atoms with Crippen LogP contribution in [0.25, 0.3) is 0 Å². The van der Waals surface area contributed by atoms with Gasteiger partial charge in [-0.15, -0.1) is 0 Å². The van der Waals surface area contributed by atoms with E-state index in [2.05, 4.69) is 9.98 Å². The topological polar surface area (TPSA) is 91.3 Å². The van der Waals surface area contributed by atoms with E-state index >= 15 is 0 Å². The second kappa shape index (κ2) is 8.26. The number of hydrogen-bond acceptors (Lipinski definition) is 5. The van der Waals surface area contributed by atoms with Gasteiger partial charge in [0.25, 0.3) is 5.56 Å². The first kappa shape index (κ1) is 19.6. The molecule has 0 aliphatic carbocycles. The van der Waals surface area contributed by atoms with Gasteiger partial charge in [-0.05, 0) is 42.3 Å². The third kappa shape index (κ3) is 3.91. The molecule has 1 N–H and O–H groups in total. The van der Waals surface area contributed by atoms with Crippen molar-refractivity contribution in [2.45, 2.75) is 13.5 Å². The van der Waals surface area contributed by atoms with E-state index in [1.54, 1.807) is 49.6 Å². The van der Waals surface area contributed by atoms with E-state index in [-0.39, 0.29) is 23.6 Å². The smallest absolute Gasteiger partial charge is 0.271 e. The van der Waals surface area contributed by atoms with E-state index in [9.17, 15) is 15.2 Å². The van der Waals surface area contributed by atoms with Gasteiger partial charge in [0.1, 0.15) is 11.6 Å². The number of rotatable bonds is 4. The van der Waals surface area contributed by atoms with Gasteiger partial charge < -0.3 is 5.11 Å². The second-order valence-corrected chi connectivity index (χ2v) is 6.80. The minimum absolute atomic E-state index is 0.0617. The van der Waals surface area contributed by atoms with Gasteiger partial charge in [-0.1, -0.05) is 29.3 Å². The molecule has 3 rings (SSSR count). The third-order valence-electron chi connectivity index (χ3n) is 4.15. The zero-order valence-corrected chi connectivity index (χ0v) is 16.2. The molecule has 8 heteroatoms. The maximum Gasteiger partial charge on any atom is 0.271 e. The Hall–Kier alpha value is -3.14. The molecule has 0 fully saturated rings. The first-order valence-electron chi connectivity index (χ1n) is 8.17. The predicted octanol–water partition coefficient (Wildman–Crippen LogP) is 4.23. The summed E-state index contributed by atoms with van der Waals surface area (Å²) in [6.07, 6.45) is 4.55. The van der Waals surface area contributed by atoms with Gasteiger partial charge in [0.2, 0.25) is 5.88 Å². The molecule has 0 aliphatic rings. The normalized spacial score (nSPS) is 10.9. The number of hydrogen-bond donors (Lipinski definition) is 1. The number of nitriles is 1. The number of aliphatic imine (C=N–C) groups is 1. The summed E-state index contributed by atoms with van der Waals surface area (Å²) >= 11 is 12.1. The molecule has 140 valence electrons. The summed E-state index contributed by atoms with van der Waals surface area (Å²) in [5, 5.41) is 21.0. The van der Waals surface area contributed by atoms with Crippen LogP contribution < -0.4 is 5.56 Å². The summed E-state index contributed by atoms with van der Waals surface area (Å²) in [5.74, 6) is -0.299. The number of aromatic nitrogens is 2. The van der Waals surface area contributed by atoms with Crippen LogP contribution in [0.15, 0.2) is 52.5 Å². The molecule has 0 radical (unpaired) electrons. The van der Waals surface area contributed by atoms with E-state index in [1.165, 1.54) is 6.21 Å². The van der Waals surface area contributed by atoms with Gasteiger partial charge in [0.15, 0.2) is 0 Å². The highest BCUT2D eigenvalue weighted by molar-refractivity contribution is 6.35. The molecule has 2 aromatic heterocycles. The molecule has 0 saturated carbocycles. The predicted molar refractivity (Wildman–Crippen MR) is 109 cm³/mol. The lowest BCUT2D eigenvalue weighted by molar-refractivity contribution is 0.413. The Balaban J connectivity index is 2.14. The maximum absolute atomic E-state index is 12.6. The Labute approximate surface area is 171 Å². The first-order valence-corrected chi connectivity index (χ1v) is 8.92. The van der Waals surface area contributed by atoms with E-state index in [0.29, 0.717) is 26.9 Å². The molecule has 28 heavy (non-hydrogen) atoms. The summed E-state index contributed by atoms with van der Waals surface area (Å²) in [7, 11) is 0. The number of halogens is 2. The van der Waals surface area contributed by atoms with Crippen LogP contribution in [-0.2, 0) is 6.54 Å². The fourth-order valence-electron chi connectivity index (χ4n) is 2.67. The number of benzene rings is 1. The highest BCUT2D eigenvalue weighted by atomic mass is 35.5. The van der Waals surface area contributed by atoms with Crippen molar-refractivity contribution in [3.05, 3.63) is 85.4 Å². The van der Waals surface area contributed by atoms with Crippen molar-refractivity contribution in [1.29, 1.82) is 5.26 Å². The lowest BCUT2D eigenvalue weighted by Gasteiger charge is -2.14. The van der Waals surface area contributed by atoms with Crippen LogP contribution in [0.5, 0.6) is 5.88 Å². The highest BCUT2D eigenvalue weighted by Crippen LogP contribution is 2.29. The fourth-order valence-corrected chi connectivity index (χ4v) is 3.00. The first-order chi connectivity index (χ1) is 13.4. The van der Waals surface area contributed by atoms with Crippen LogP contribution in [-0.4, -0.2) is 20.9 Å². The summed E-state index contributed by atoms with van der Waals surface area (Å²) in [5.41, 5.74) is 1.02. The van der Waals surface area contributed by atoms with Gasteiger partial charge in [-0.3, -0.25) is 19.3 Å². The minimum Gasteiger partial charge on any atom is -0.494 e. The van der Waals surface area contributed by atoms with Crippen molar-refractivity contribution in [3.63, 3.8) is 0 Å². The van der Waals surface area contributed by atoms with Crippen molar-refractivity contribution in [2.75, 3.05) is 0 Å². The van der Waals surface area contributed by atoms with E-state index in [1.807, 2.05) is 6.07 Å². The molecule has 0 atom stereocenters. The minimum atomic E-state index is -0.584. The van der Waals surface area contributed by atoms with E-state index < -0.39 is 5.56 Å². The van der Waals surface area contributed by atoms with Crippen molar-refractivity contribution >= 4 is 35.1 Å². The van der Waals surface area contributed by atoms with Crippen molar-refractivity contribution < 1.29 is 5.11 Å². The molecule has 0 amide bonds. The zero-order chi connectivity index (χ0) is 20.3. The van der Waals surface area contributed by atoms with Crippen LogP contribution in [0, 0.1) is 18.3 Å². The molecule has 6 nitrogen and oxygen atoms in total. The zero-order valence-electron chi connectivity index (χ0n) is 14.7. The van der Waals surface area contributed by atoms with Crippen molar-refractivity contribution in [2.24, 2.45) is 4.99 Å². The van der Waals surface area contributed by atoms with Gasteiger partial charge in [-0.25, -0.2) is 0 Å². The molecule has 0 bridgehead atoms. The van der Waals surface area contributed by atoms with E-state index in [4.69, 9.17) is 23.2 Å². The lowest BCUT2D eigenvalue weighted by atomic mass is 10.1. The van der Waals surface area contributed by atoms with Crippen molar-refractivity contribution in [3.8, 4) is 11.9 Å². The van der Waals surface area contributed by atoms with Gasteiger partial charge >= 0.3 is 0 Å². The number of aromatic hydroxyl groups is 1. The van der Waals surface area contributed by atoms with Crippen LogP contribution in [0.1, 0.15) is 22.3 Å². The summed E-state index contributed by atoms with van der Waals surface area (Å²) in [6, 6.07) is 10.2. The molecule has 0 unspecified atom stereocenters. The molecule has 0 spiro atoms. The molecule has 2 heterocycles. The molecule has 1 aromatic carbocycles. The highest BCUT2D eigenvalue weighted by Gasteiger charge is 2.18. The van der Waals surface area contributed by atoms with Crippen LogP contribution in [0.2, 0.25) is 10.0 Å². The monoisotopic (exact) mass is 412 g/mol. The quantitative estimate of drug-likeness (QED) is 0.648. The summed E-state index contributed by atoms with van der Waals surface area (Å²) in [6.45, 7) is 1.64. The average Bonchev–Trinajstić information content (AvgIpc) is 2.69. The third-order valence-corrected chi connectivity index (χ3v) is 4.71. The molecule has 0 saturated heterocycles. The standard InChI is InChI=1S/C20H14Cl2N4O2/c1-12-15(8-23)19(27)26(11-13-3-2-6-24-9-13)20(28)16(12)10-25-18-7-14(21)4-5-17(18)22/h2-7,9-10,28H,11H2,1H3. The van der Waals surface area contributed by atoms with Crippen molar-refractivity contribution in [1.82, 2.24) is 9.55 Å². The van der Waals surface area contributed by atoms with Gasteiger partial charge in [-0.2, -0.15) is 5.26 Å². The Morgan fingerprint density at radius 2 is 2.14 bits per heavy atom. The molecular formula is C20H14Cl2N4O2. The second-order valence-electron chi connectivity index (χ2n) is 5.96. The molecular weight excluding hydrogens is 399 g/mol. The molecule has 3 aromatic rings. The average molecular weight is 413 g/mol. The Morgan fingerprint density at radius 1 is 1.36 bits per heavy atom. The maximum atomic E-state index is 12.6. The Kier molecular flexibility index (Phi) is 5.78. The number of nitrogens with zero attached hydrogens (tertiary/aromatic N) is 4. The van der Waals surface area contributed by atoms with Crippen LogP contribution in [0.4, 0.5) is 5.69 Å². The van der Waals surface area contributed by atoms with Crippen LogP contribution in [0.3, 0.4) is 0 Å². The van der Waals surface area contributed by atoms with Gasteiger partial charge in [0, 0.05) is 23.6 Å². The largest absolute Gasteiger partial charge is 0.494 e. The number of pyridine rings is 2. The summed E-state index contributed by atoms with van der Waals surface area (Å²) < 4.78 is 1.11. The summed E-state index contributed by atoms with van der Waals surface area (Å²) in [4.78, 5) is 20.9. The SMILES string of the molecule is Cc1c(C=Nc2cc(Cl)ccc2Cl)c(O)n(Cc2cccnc2)c(=O)c1C#N. The van der Waals surface area contributed by atoms with Gasteiger partial charge in [0.05, 0.1) is 22.8 Å². The fraction of sp³-hybridized carbons (Fsp3) is 0.100. The Morgan fingerprint density at radius 3 is 2.82 bits per heavy atom. The lowest BCUT2D eigenvalue weighted by Crippen LogP contribution is -2.26. The Bertz CT molecular complexity index is 1170.